The molecule has 0 spiro atoms. The molecular formula is C15H19ClN2O2. The van der Waals surface area contributed by atoms with Gasteiger partial charge in [-0.1, -0.05) is 24.6 Å². The van der Waals surface area contributed by atoms with Crippen LogP contribution in [0.5, 0.6) is 5.75 Å². The first-order valence-corrected chi connectivity index (χ1v) is 7.08. The van der Waals surface area contributed by atoms with E-state index < -0.39 is 0 Å². The van der Waals surface area contributed by atoms with Crippen molar-refractivity contribution in [3.8, 4) is 5.75 Å². The van der Waals surface area contributed by atoms with E-state index in [2.05, 4.69) is 18.9 Å². The highest BCUT2D eigenvalue weighted by atomic mass is 35.5. The fraction of sp³-hybridized carbons (Fsp3) is 0.400. The average Bonchev–Trinajstić information content (AvgIpc) is 2.94. The van der Waals surface area contributed by atoms with Crippen LogP contribution in [-0.2, 0) is 13.2 Å². The van der Waals surface area contributed by atoms with Gasteiger partial charge < -0.3 is 9.84 Å². The number of hydrogen-bond acceptors (Lipinski definition) is 3. The molecule has 2 rings (SSSR count). The van der Waals surface area contributed by atoms with Crippen LogP contribution in [-0.4, -0.2) is 14.9 Å². The Hall–Kier alpha value is -1.52. The van der Waals surface area contributed by atoms with Crippen LogP contribution in [0.3, 0.4) is 0 Å². The van der Waals surface area contributed by atoms with Crippen LogP contribution in [0.1, 0.15) is 37.6 Å². The minimum Gasteiger partial charge on any atom is -0.486 e. The SMILES string of the molecule is CCC(C)n1ccc(COc2ccc(CO)cc2Cl)n1. The molecule has 1 heterocycles. The summed E-state index contributed by atoms with van der Waals surface area (Å²) in [6.07, 6.45) is 3.00. The number of aliphatic hydroxyl groups is 1. The van der Waals surface area contributed by atoms with Crippen molar-refractivity contribution in [2.75, 3.05) is 0 Å². The van der Waals surface area contributed by atoms with Crippen molar-refractivity contribution in [1.29, 1.82) is 0 Å². The van der Waals surface area contributed by atoms with Crippen LogP contribution in [0.15, 0.2) is 30.5 Å². The maximum Gasteiger partial charge on any atom is 0.138 e. The number of benzene rings is 1. The van der Waals surface area contributed by atoms with Gasteiger partial charge in [0.1, 0.15) is 12.4 Å². The van der Waals surface area contributed by atoms with Gasteiger partial charge in [0.25, 0.3) is 0 Å². The van der Waals surface area contributed by atoms with Gasteiger partial charge in [-0.05, 0) is 37.1 Å². The van der Waals surface area contributed by atoms with Crippen LogP contribution < -0.4 is 4.74 Å². The van der Waals surface area contributed by atoms with Gasteiger partial charge in [0, 0.05) is 12.2 Å². The molecule has 0 aliphatic carbocycles. The Morgan fingerprint density at radius 1 is 1.40 bits per heavy atom. The molecular weight excluding hydrogens is 276 g/mol. The lowest BCUT2D eigenvalue weighted by Gasteiger charge is -2.09. The first kappa shape index (κ1) is 14.9. The number of halogens is 1. The lowest BCUT2D eigenvalue weighted by atomic mass is 10.2. The summed E-state index contributed by atoms with van der Waals surface area (Å²) >= 11 is 6.09. The summed E-state index contributed by atoms with van der Waals surface area (Å²) < 4.78 is 7.60. The van der Waals surface area contributed by atoms with E-state index in [9.17, 15) is 0 Å². The molecule has 1 aromatic carbocycles. The maximum absolute atomic E-state index is 9.03. The number of hydrogen-bond donors (Lipinski definition) is 1. The Balaban J connectivity index is 2.00. The second-order valence-corrected chi connectivity index (χ2v) is 5.16. The van der Waals surface area contributed by atoms with E-state index in [1.807, 2.05) is 16.9 Å². The zero-order valence-corrected chi connectivity index (χ0v) is 12.5. The monoisotopic (exact) mass is 294 g/mol. The Morgan fingerprint density at radius 2 is 2.20 bits per heavy atom. The number of aromatic nitrogens is 2. The molecule has 0 saturated carbocycles. The number of nitrogens with zero attached hydrogens (tertiary/aromatic N) is 2. The van der Waals surface area contributed by atoms with E-state index in [0.717, 1.165) is 17.7 Å². The van der Waals surface area contributed by atoms with Gasteiger partial charge in [0.15, 0.2) is 0 Å². The van der Waals surface area contributed by atoms with Crippen molar-refractivity contribution in [1.82, 2.24) is 9.78 Å². The quantitative estimate of drug-likeness (QED) is 0.886. The van der Waals surface area contributed by atoms with Gasteiger partial charge in [-0.15, -0.1) is 0 Å². The zero-order chi connectivity index (χ0) is 14.5. The van der Waals surface area contributed by atoms with Gasteiger partial charge in [-0.3, -0.25) is 4.68 Å². The number of ether oxygens (including phenoxy) is 1. The average molecular weight is 295 g/mol. The van der Waals surface area contributed by atoms with Gasteiger partial charge in [-0.2, -0.15) is 5.10 Å². The van der Waals surface area contributed by atoms with Crippen molar-refractivity contribution < 1.29 is 9.84 Å². The zero-order valence-electron chi connectivity index (χ0n) is 11.7. The van der Waals surface area contributed by atoms with Gasteiger partial charge in [-0.25, -0.2) is 0 Å². The van der Waals surface area contributed by atoms with Crippen LogP contribution >= 0.6 is 11.6 Å². The normalized spacial score (nSPS) is 12.4. The van der Waals surface area contributed by atoms with Crippen molar-refractivity contribution in [2.45, 2.75) is 39.5 Å². The summed E-state index contributed by atoms with van der Waals surface area (Å²) in [5, 5.41) is 14.0. The van der Waals surface area contributed by atoms with Gasteiger partial charge in [0.05, 0.1) is 17.3 Å². The van der Waals surface area contributed by atoms with Crippen molar-refractivity contribution in [3.63, 3.8) is 0 Å². The minimum absolute atomic E-state index is 0.0285. The Kier molecular flexibility index (Phi) is 5.04. The highest BCUT2D eigenvalue weighted by molar-refractivity contribution is 6.32. The largest absolute Gasteiger partial charge is 0.486 e. The summed E-state index contributed by atoms with van der Waals surface area (Å²) in [5.41, 5.74) is 1.64. The van der Waals surface area contributed by atoms with Crippen molar-refractivity contribution >= 4 is 11.6 Å². The molecule has 5 heteroatoms. The Bertz CT molecular complexity index is 569. The summed E-state index contributed by atoms with van der Waals surface area (Å²) in [6.45, 7) is 4.61. The smallest absolute Gasteiger partial charge is 0.138 e. The molecule has 4 nitrogen and oxygen atoms in total. The highest BCUT2D eigenvalue weighted by Gasteiger charge is 2.07. The van der Waals surface area contributed by atoms with Crippen molar-refractivity contribution in [2.24, 2.45) is 0 Å². The summed E-state index contributed by atoms with van der Waals surface area (Å²) in [6, 6.07) is 7.59. The molecule has 20 heavy (non-hydrogen) atoms. The molecule has 0 aliphatic heterocycles. The molecule has 1 unspecified atom stereocenters. The molecule has 1 N–H and O–H groups in total. The fourth-order valence-corrected chi connectivity index (χ4v) is 2.06. The topological polar surface area (TPSA) is 47.3 Å². The van der Waals surface area contributed by atoms with E-state index in [1.165, 1.54) is 0 Å². The first-order valence-electron chi connectivity index (χ1n) is 6.70. The predicted molar refractivity (Wildman–Crippen MR) is 78.9 cm³/mol. The van der Waals surface area contributed by atoms with E-state index in [4.69, 9.17) is 21.4 Å². The van der Waals surface area contributed by atoms with E-state index in [1.54, 1.807) is 18.2 Å². The number of rotatable bonds is 6. The summed E-state index contributed by atoms with van der Waals surface area (Å²) in [4.78, 5) is 0. The minimum atomic E-state index is -0.0285. The first-order chi connectivity index (χ1) is 9.63. The molecule has 0 amide bonds. The van der Waals surface area contributed by atoms with Gasteiger partial charge in [0.2, 0.25) is 0 Å². The van der Waals surface area contributed by atoms with Crippen LogP contribution in [0.25, 0.3) is 0 Å². The van der Waals surface area contributed by atoms with E-state index in [0.29, 0.717) is 23.4 Å². The summed E-state index contributed by atoms with van der Waals surface area (Å²) in [7, 11) is 0. The predicted octanol–water partition coefficient (Wildman–Crippen LogP) is 3.58. The van der Waals surface area contributed by atoms with E-state index >= 15 is 0 Å². The second kappa shape index (κ2) is 6.77. The molecule has 0 bridgehead atoms. The lowest BCUT2D eigenvalue weighted by Crippen LogP contribution is -2.05. The van der Waals surface area contributed by atoms with Crippen LogP contribution in [0.4, 0.5) is 0 Å². The third-order valence-electron chi connectivity index (χ3n) is 3.26. The second-order valence-electron chi connectivity index (χ2n) is 4.76. The highest BCUT2D eigenvalue weighted by Crippen LogP contribution is 2.26. The molecule has 108 valence electrons. The molecule has 0 radical (unpaired) electrons. The number of aliphatic hydroxyl groups excluding tert-OH is 1. The molecule has 1 atom stereocenters. The van der Waals surface area contributed by atoms with E-state index in [-0.39, 0.29) is 6.61 Å². The molecule has 2 aromatic rings. The fourth-order valence-electron chi connectivity index (χ4n) is 1.80. The third kappa shape index (κ3) is 3.52. The standard InChI is InChI=1S/C15H19ClN2O2/c1-3-11(2)18-7-6-13(17-18)10-20-15-5-4-12(9-19)8-14(15)16/h4-8,11,19H,3,9-10H2,1-2H3. The van der Waals surface area contributed by atoms with Crippen LogP contribution in [0, 0.1) is 0 Å². The van der Waals surface area contributed by atoms with Crippen molar-refractivity contribution in [3.05, 3.63) is 46.7 Å². The molecule has 0 saturated heterocycles. The Labute approximate surface area is 123 Å². The Morgan fingerprint density at radius 3 is 2.85 bits per heavy atom. The van der Waals surface area contributed by atoms with Gasteiger partial charge >= 0.3 is 0 Å². The summed E-state index contributed by atoms with van der Waals surface area (Å²) in [5.74, 6) is 0.599. The lowest BCUT2D eigenvalue weighted by molar-refractivity contribution is 0.280. The maximum atomic E-state index is 9.03. The molecule has 0 aliphatic rings. The van der Waals surface area contributed by atoms with Crippen LogP contribution in [0.2, 0.25) is 5.02 Å². The third-order valence-corrected chi connectivity index (χ3v) is 3.56. The molecule has 1 aromatic heterocycles. The molecule has 0 fully saturated rings.